The molecule has 39 heavy (non-hydrogen) atoms. The fourth-order valence-corrected chi connectivity index (χ4v) is 4.44. The molecule has 2 atom stereocenters. The average Bonchev–Trinajstić information content (AvgIpc) is 3.11. The zero-order valence-corrected chi connectivity index (χ0v) is 32.2. The molecule has 0 aliphatic heterocycles. The van der Waals surface area contributed by atoms with E-state index < -0.39 is 12.2 Å². The van der Waals surface area contributed by atoms with E-state index >= 15 is 0 Å². The van der Waals surface area contributed by atoms with Crippen molar-refractivity contribution in [3.63, 3.8) is 0 Å². The van der Waals surface area contributed by atoms with Crippen molar-refractivity contribution in [3.05, 3.63) is 45.4 Å². The van der Waals surface area contributed by atoms with Gasteiger partial charge in [0.05, 0.1) is 40.6 Å². The standard InChI is InChI=1S/C13H19BrO3.C13H18O3.2HPS.2Ti/c1-13(2,3)12(15)8-6-10(16-4)11(17-5)7-9(8)14;1-13(2)7-8-5-10(15-3)11(16-4)6-9(8)12(13)14;2*1-2;;/h6-7,12,15H,1-5H3;5-6,12,14H,7H2,1-4H3;2*1H;;. The molecular formula is C26H39BrO6P2S2Ti2. The van der Waals surface area contributed by atoms with Crippen LogP contribution >= 0.6 is 32.0 Å². The molecule has 0 aromatic heterocycles. The normalized spacial score (nSPS) is 14.9. The van der Waals surface area contributed by atoms with Crippen LogP contribution in [-0.4, -0.2) is 38.7 Å². The summed E-state index contributed by atoms with van der Waals surface area (Å²) in [6.07, 6.45) is -0.136. The molecule has 3 rings (SSSR count). The number of ether oxygens (including phenoxy) is 4. The number of aliphatic hydroxyl groups is 2. The van der Waals surface area contributed by atoms with Gasteiger partial charge in [0.25, 0.3) is 0 Å². The van der Waals surface area contributed by atoms with Crippen molar-refractivity contribution in [1.29, 1.82) is 0 Å². The molecule has 1 aliphatic rings. The van der Waals surface area contributed by atoms with Gasteiger partial charge in [0.1, 0.15) is 0 Å². The Morgan fingerprint density at radius 1 is 0.846 bits per heavy atom. The maximum Gasteiger partial charge on any atom is 0.161 e. The van der Waals surface area contributed by atoms with Crippen molar-refractivity contribution >= 4 is 55.6 Å². The van der Waals surface area contributed by atoms with Gasteiger partial charge < -0.3 is 29.2 Å². The molecule has 2 N–H and O–H groups in total. The van der Waals surface area contributed by atoms with Crippen LogP contribution in [0.1, 0.15) is 63.5 Å². The molecule has 2 aromatic carbocycles. The van der Waals surface area contributed by atoms with E-state index in [2.05, 4.69) is 69.4 Å². The molecular weight excluding hydrogens is 710 g/mol. The van der Waals surface area contributed by atoms with E-state index in [4.69, 9.17) is 18.9 Å². The number of hydrogen-bond donors (Lipinski definition) is 2. The summed E-state index contributed by atoms with van der Waals surface area (Å²) in [6.45, 7) is 10.1. The fourth-order valence-electron chi connectivity index (χ4n) is 3.90. The summed E-state index contributed by atoms with van der Waals surface area (Å²) < 4.78 is 21.8. The van der Waals surface area contributed by atoms with Gasteiger partial charge in [-0.05, 0) is 74.2 Å². The van der Waals surface area contributed by atoms with E-state index in [9.17, 15) is 10.2 Å². The Morgan fingerprint density at radius 3 is 1.64 bits per heavy atom. The Kier molecular flexibility index (Phi) is 23.0. The Labute approximate surface area is 286 Å². The Bertz CT molecular complexity index is 1030. The van der Waals surface area contributed by atoms with E-state index in [0.29, 0.717) is 17.2 Å². The maximum absolute atomic E-state index is 10.3. The van der Waals surface area contributed by atoms with Crippen LogP contribution in [0.2, 0.25) is 0 Å². The van der Waals surface area contributed by atoms with Crippen LogP contribution in [0.3, 0.4) is 0 Å². The molecule has 2 aromatic rings. The van der Waals surface area contributed by atoms with Crippen molar-refractivity contribution < 1.29 is 72.6 Å². The first kappa shape index (κ1) is 44.0. The molecule has 0 amide bonds. The molecule has 13 heteroatoms. The average molecular weight is 749 g/mol. The number of aliphatic hydroxyl groups excluding tert-OH is 2. The first-order valence-electron chi connectivity index (χ1n) is 11.2. The number of hydrogen-bond acceptors (Lipinski definition) is 8. The second-order valence-electron chi connectivity index (χ2n) is 9.97. The van der Waals surface area contributed by atoms with Gasteiger partial charge in [-0.3, -0.25) is 0 Å². The van der Waals surface area contributed by atoms with Crippen molar-refractivity contribution in [3.8, 4) is 23.0 Å². The third-order valence-electron chi connectivity index (χ3n) is 5.94. The van der Waals surface area contributed by atoms with E-state index in [1.807, 2.05) is 39.0 Å². The van der Waals surface area contributed by atoms with Crippen LogP contribution in [0.25, 0.3) is 0 Å². The quantitative estimate of drug-likeness (QED) is 0.249. The molecule has 2 unspecified atom stereocenters. The van der Waals surface area contributed by atoms with E-state index in [-0.39, 0.29) is 54.3 Å². The van der Waals surface area contributed by atoms with Crippen LogP contribution < -0.4 is 18.9 Å². The van der Waals surface area contributed by atoms with Crippen LogP contribution in [0.4, 0.5) is 0 Å². The summed E-state index contributed by atoms with van der Waals surface area (Å²) in [7, 11) is 11.5. The van der Waals surface area contributed by atoms with Gasteiger partial charge in [-0.15, -0.1) is 0 Å². The Balaban J connectivity index is -0.000000564. The van der Waals surface area contributed by atoms with Crippen LogP contribution in [0.5, 0.6) is 23.0 Å². The maximum atomic E-state index is 10.3. The predicted octanol–water partition coefficient (Wildman–Crippen LogP) is 7.04. The van der Waals surface area contributed by atoms with Gasteiger partial charge in [-0.2, -0.15) is 0 Å². The smallest absolute Gasteiger partial charge is 0.161 e. The Hall–Kier alpha value is 0.509. The minimum Gasteiger partial charge on any atom is -0.493 e. The topological polar surface area (TPSA) is 77.4 Å². The monoisotopic (exact) mass is 748 g/mol. The molecule has 0 fully saturated rings. The van der Waals surface area contributed by atoms with Gasteiger partial charge in [0, 0.05) is 47.9 Å². The van der Waals surface area contributed by atoms with Gasteiger partial charge in [0.2, 0.25) is 0 Å². The zero-order valence-electron chi connectivity index (χ0n) is 23.9. The number of benzene rings is 2. The molecule has 0 radical (unpaired) electrons. The summed E-state index contributed by atoms with van der Waals surface area (Å²) in [5.41, 5.74) is 2.56. The minimum absolute atomic E-state index is 0. The fraction of sp³-hybridized carbons (Fsp3) is 0.538. The minimum atomic E-state index is -0.573. The molecule has 6 nitrogen and oxygen atoms in total. The molecule has 0 saturated heterocycles. The molecule has 216 valence electrons. The number of methoxy groups -OCH3 is 4. The summed E-state index contributed by atoms with van der Waals surface area (Å²) >= 11 is 11.2. The first-order valence-corrected chi connectivity index (χ1v) is 15.3. The number of rotatable bonds is 5. The summed E-state index contributed by atoms with van der Waals surface area (Å²) in [5.74, 6) is 2.67. The van der Waals surface area contributed by atoms with E-state index in [1.54, 1.807) is 34.5 Å². The van der Waals surface area contributed by atoms with Gasteiger partial charge in [-0.25, -0.2) is 0 Å². The Morgan fingerprint density at radius 2 is 1.23 bits per heavy atom. The largest absolute Gasteiger partial charge is 0.493 e. The van der Waals surface area contributed by atoms with Crippen molar-refractivity contribution in [2.75, 3.05) is 28.4 Å². The molecule has 0 spiro atoms. The number of halogens is 1. The second-order valence-corrected chi connectivity index (χ2v) is 10.8. The van der Waals surface area contributed by atoms with Crippen LogP contribution in [0.15, 0.2) is 28.7 Å². The second kappa shape index (κ2) is 20.4. The molecule has 0 saturated carbocycles. The van der Waals surface area contributed by atoms with Crippen LogP contribution in [-0.2, 0) is 73.5 Å². The molecule has 1 aliphatic carbocycles. The van der Waals surface area contributed by atoms with Crippen molar-refractivity contribution in [2.45, 2.75) is 53.2 Å². The SMILES string of the molecule is COc1cc(Br)c(C(O)C(C)(C)C)cc1OC.COc1cc2c(cc1OC)C(O)C(C)(C)C2.P=S.P=S.[Ti].[Ti]. The van der Waals surface area contributed by atoms with Crippen molar-refractivity contribution in [2.24, 2.45) is 10.8 Å². The van der Waals surface area contributed by atoms with Gasteiger partial charge in [-0.1, -0.05) is 74.2 Å². The third kappa shape index (κ3) is 12.0. The van der Waals surface area contributed by atoms with Gasteiger partial charge in [0.15, 0.2) is 23.0 Å². The first-order chi connectivity index (χ1) is 17.3. The van der Waals surface area contributed by atoms with E-state index in [1.165, 1.54) is 0 Å². The third-order valence-corrected chi connectivity index (χ3v) is 6.63. The summed E-state index contributed by atoms with van der Waals surface area (Å²) in [5, 5.41) is 20.5. The zero-order chi connectivity index (χ0) is 29.1. The molecule has 0 heterocycles. The summed E-state index contributed by atoms with van der Waals surface area (Å²) in [6, 6.07) is 7.46. The predicted molar refractivity (Wildman–Crippen MR) is 165 cm³/mol. The van der Waals surface area contributed by atoms with Crippen molar-refractivity contribution in [1.82, 2.24) is 0 Å². The molecule has 0 bridgehead atoms. The summed E-state index contributed by atoms with van der Waals surface area (Å²) in [4.78, 5) is 0. The van der Waals surface area contributed by atoms with Gasteiger partial charge >= 0.3 is 0 Å². The van der Waals surface area contributed by atoms with Crippen LogP contribution in [0, 0.1) is 10.8 Å². The van der Waals surface area contributed by atoms with E-state index in [0.717, 1.165) is 33.3 Å². The number of fused-ring (bicyclic) bond motifs is 1.